The van der Waals surface area contributed by atoms with Crippen LogP contribution in [0, 0.1) is 0 Å². The van der Waals surface area contributed by atoms with Gasteiger partial charge in [0.1, 0.15) is 0 Å². The normalized spacial score (nSPS) is 10.1. The summed E-state index contributed by atoms with van der Waals surface area (Å²) < 4.78 is 0. The van der Waals surface area contributed by atoms with Crippen LogP contribution >= 0.6 is 11.6 Å². The molecule has 2 rings (SSSR count). The van der Waals surface area contributed by atoms with Gasteiger partial charge in [-0.1, -0.05) is 29.8 Å². The zero-order valence-corrected chi connectivity index (χ0v) is 10.5. The Morgan fingerprint density at radius 2 is 1.94 bits per heavy atom. The highest BCUT2D eigenvalue weighted by molar-refractivity contribution is 6.30. The molecule has 1 amide bonds. The molecule has 0 saturated heterocycles. The number of pyridine rings is 1. The molecule has 0 saturated carbocycles. The van der Waals surface area contributed by atoms with Gasteiger partial charge in [0, 0.05) is 24.0 Å². The van der Waals surface area contributed by atoms with Crippen molar-refractivity contribution in [2.75, 3.05) is 0 Å². The Morgan fingerprint density at radius 3 is 2.61 bits per heavy atom. The van der Waals surface area contributed by atoms with Crippen molar-refractivity contribution in [1.29, 1.82) is 0 Å². The molecule has 3 nitrogen and oxygen atoms in total. The van der Waals surface area contributed by atoms with E-state index in [9.17, 15) is 4.79 Å². The summed E-state index contributed by atoms with van der Waals surface area (Å²) in [5.74, 6) is -0.0158. The molecule has 92 valence electrons. The van der Waals surface area contributed by atoms with Crippen molar-refractivity contribution < 1.29 is 4.79 Å². The fraction of sp³-hybridized carbons (Fsp3) is 0.143. The molecule has 0 bridgehead atoms. The van der Waals surface area contributed by atoms with Crippen molar-refractivity contribution in [2.24, 2.45) is 0 Å². The number of rotatable bonds is 4. The van der Waals surface area contributed by atoms with Crippen LogP contribution in [0.15, 0.2) is 48.8 Å². The highest BCUT2D eigenvalue weighted by atomic mass is 35.5. The van der Waals surface area contributed by atoms with Crippen LogP contribution in [0.4, 0.5) is 0 Å². The number of carbonyl (C=O) groups excluding carboxylic acids is 1. The molecule has 4 heteroatoms. The Kier molecular flexibility index (Phi) is 4.31. The number of hydrogen-bond acceptors (Lipinski definition) is 2. The minimum absolute atomic E-state index is 0.0158. The summed E-state index contributed by atoms with van der Waals surface area (Å²) in [6, 6.07) is 11.1. The summed E-state index contributed by atoms with van der Waals surface area (Å²) in [5.41, 5.74) is 1.94. The summed E-state index contributed by atoms with van der Waals surface area (Å²) >= 11 is 5.79. The van der Waals surface area contributed by atoms with Gasteiger partial charge in [0.05, 0.1) is 6.42 Å². The fourth-order valence-electron chi connectivity index (χ4n) is 1.55. The highest BCUT2D eigenvalue weighted by Crippen LogP contribution is 2.09. The van der Waals surface area contributed by atoms with E-state index in [-0.39, 0.29) is 5.91 Å². The van der Waals surface area contributed by atoms with E-state index in [1.54, 1.807) is 12.4 Å². The van der Waals surface area contributed by atoms with Gasteiger partial charge in [-0.05, 0) is 29.3 Å². The van der Waals surface area contributed by atoms with Crippen LogP contribution in [0.1, 0.15) is 11.1 Å². The standard InChI is InChI=1S/C14H13ClN2O/c15-13-5-3-11(4-6-13)10-17-14(18)8-12-2-1-7-16-9-12/h1-7,9H,8,10H2,(H,17,18). The molecule has 0 aliphatic heterocycles. The largest absolute Gasteiger partial charge is 0.352 e. The first-order valence-corrected chi connectivity index (χ1v) is 6.02. The van der Waals surface area contributed by atoms with Crippen molar-refractivity contribution in [3.8, 4) is 0 Å². The first kappa shape index (κ1) is 12.6. The minimum atomic E-state index is -0.0158. The lowest BCUT2D eigenvalue weighted by molar-refractivity contribution is -0.120. The molecule has 0 atom stereocenters. The maximum atomic E-state index is 11.7. The lowest BCUT2D eigenvalue weighted by atomic mass is 10.2. The second kappa shape index (κ2) is 6.17. The molecule has 1 aromatic heterocycles. The van der Waals surface area contributed by atoms with Crippen LogP contribution in [-0.2, 0) is 17.8 Å². The molecule has 0 spiro atoms. The number of carbonyl (C=O) groups is 1. The van der Waals surface area contributed by atoms with Gasteiger partial charge in [-0.3, -0.25) is 9.78 Å². The van der Waals surface area contributed by atoms with Crippen molar-refractivity contribution in [3.05, 3.63) is 64.9 Å². The Bertz CT molecular complexity index is 511. The third-order valence-corrected chi connectivity index (χ3v) is 2.74. The van der Waals surface area contributed by atoms with Crippen LogP contribution in [-0.4, -0.2) is 10.9 Å². The van der Waals surface area contributed by atoms with E-state index < -0.39 is 0 Å². The van der Waals surface area contributed by atoms with E-state index >= 15 is 0 Å². The summed E-state index contributed by atoms with van der Waals surface area (Å²) in [5, 5.41) is 3.55. The smallest absolute Gasteiger partial charge is 0.224 e. The number of hydrogen-bond donors (Lipinski definition) is 1. The first-order valence-electron chi connectivity index (χ1n) is 5.64. The molecule has 1 heterocycles. The van der Waals surface area contributed by atoms with Crippen LogP contribution in [0.3, 0.4) is 0 Å². The number of amides is 1. The maximum Gasteiger partial charge on any atom is 0.224 e. The van der Waals surface area contributed by atoms with E-state index in [1.807, 2.05) is 36.4 Å². The van der Waals surface area contributed by atoms with Gasteiger partial charge in [-0.25, -0.2) is 0 Å². The second-order valence-electron chi connectivity index (χ2n) is 3.94. The van der Waals surface area contributed by atoms with Crippen LogP contribution in [0.2, 0.25) is 5.02 Å². The van der Waals surface area contributed by atoms with E-state index in [4.69, 9.17) is 11.6 Å². The first-order chi connectivity index (χ1) is 8.74. The quantitative estimate of drug-likeness (QED) is 0.918. The van der Waals surface area contributed by atoms with Crippen molar-refractivity contribution in [3.63, 3.8) is 0 Å². The fourth-order valence-corrected chi connectivity index (χ4v) is 1.68. The number of benzene rings is 1. The number of aromatic nitrogens is 1. The molecule has 0 fully saturated rings. The number of halogens is 1. The Labute approximate surface area is 111 Å². The van der Waals surface area contributed by atoms with E-state index in [1.165, 1.54) is 0 Å². The molecule has 0 aliphatic rings. The van der Waals surface area contributed by atoms with Crippen LogP contribution in [0.5, 0.6) is 0 Å². The lowest BCUT2D eigenvalue weighted by Crippen LogP contribution is -2.24. The van der Waals surface area contributed by atoms with Crippen molar-refractivity contribution in [2.45, 2.75) is 13.0 Å². The molecule has 2 aromatic rings. The highest BCUT2D eigenvalue weighted by Gasteiger charge is 2.03. The zero-order valence-electron chi connectivity index (χ0n) is 9.77. The molecule has 1 aromatic carbocycles. The summed E-state index contributed by atoms with van der Waals surface area (Å²) in [6.07, 6.45) is 3.73. The number of nitrogens with zero attached hydrogens (tertiary/aromatic N) is 1. The van der Waals surface area contributed by atoms with E-state index in [0.717, 1.165) is 11.1 Å². The van der Waals surface area contributed by atoms with E-state index in [2.05, 4.69) is 10.3 Å². The molecule has 0 aliphatic carbocycles. The van der Waals surface area contributed by atoms with Gasteiger partial charge in [-0.2, -0.15) is 0 Å². The van der Waals surface area contributed by atoms with Crippen LogP contribution in [0.25, 0.3) is 0 Å². The summed E-state index contributed by atoms with van der Waals surface area (Å²) in [6.45, 7) is 0.510. The molecule has 0 unspecified atom stereocenters. The predicted octanol–water partition coefficient (Wildman–Crippen LogP) is 2.59. The van der Waals surface area contributed by atoms with Gasteiger partial charge in [0.15, 0.2) is 0 Å². The summed E-state index contributed by atoms with van der Waals surface area (Å²) in [7, 11) is 0. The molecule has 1 N–H and O–H groups in total. The van der Waals surface area contributed by atoms with Gasteiger partial charge >= 0.3 is 0 Å². The average molecular weight is 261 g/mol. The monoisotopic (exact) mass is 260 g/mol. The van der Waals surface area contributed by atoms with Gasteiger partial charge < -0.3 is 5.32 Å². The molecule has 0 radical (unpaired) electrons. The minimum Gasteiger partial charge on any atom is -0.352 e. The van der Waals surface area contributed by atoms with Gasteiger partial charge in [0.25, 0.3) is 0 Å². The Morgan fingerprint density at radius 1 is 1.17 bits per heavy atom. The predicted molar refractivity (Wildman–Crippen MR) is 71.2 cm³/mol. The third-order valence-electron chi connectivity index (χ3n) is 2.49. The second-order valence-corrected chi connectivity index (χ2v) is 4.38. The molecular weight excluding hydrogens is 248 g/mol. The Hall–Kier alpha value is -1.87. The zero-order chi connectivity index (χ0) is 12.8. The topological polar surface area (TPSA) is 42.0 Å². The van der Waals surface area contributed by atoms with E-state index in [0.29, 0.717) is 18.0 Å². The third kappa shape index (κ3) is 3.86. The van der Waals surface area contributed by atoms with Crippen molar-refractivity contribution in [1.82, 2.24) is 10.3 Å². The molecule has 18 heavy (non-hydrogen) atoms. The van der Waals surface area contributed by atoms with Crippen LogP contribution < -0.4 is 5.32 Å². The van der Waals surface area contributed by atoms with Gasteiger partial charge in [0.2, 0.25) is 5.91 Å². The summed E-state index contributed by atoms with van der Waals surface area (Å²) in [4.78, 5) is 15.7. The Balaban J connectivity index is 1.83. The van der Waals surface area contributed by atoms with Crippen molar-refractivity contribution >= 4 is 17.5 Å². The SMILES string of the molecule is O=C(Cc1cccnc1)NCc1ccc(Cl)cc1. The number of nitrogens with one attached hydrogen (secondary N) is 1. The van der Waals surface area contributed by atoms with Gasteiger partial charge in [-0.15, -0.1) is 0 Å². The molecular formula is C14H13ClN2O. The maximum absolute atomic E-state index is 11.7. The lowest BCUT2D eigenvalue weighted by Gasteiger charge is -2.05. The average Bonchev–Trinajstić information content (AvgIpc) is 2.39.